The third-order valence-electron chi connectivity index (χ3n) is 8.25. The molecule has 1 saturated carbocycles. The summed E-state index contributed by atoms with van der Waals surface area (Å²) in [6, 6.07) is 5.11. The van der Waals surface area contributed by atoms with Gasteiger partial charge in [0.2, 0.25) is 11.8 Å². The lowest BCUT2D eigenvalue weighted by molar-refractivity contribution is -0.174. The Labute approximate surface area is 267 Å². The van der Waals surface area contributed by atoms with Crippen LogP contribution in [-0.4, -0.2) is 51.5 Å². The van der Waals surface area contributed by atoms with Crippen molar-refractivity contribution in [1.82, 2.24) is 19.6 Å². The number of alkyl halides is 5. The Morgan fingerprint density at radius 3 is 2.36 bits per heavy atom. The molecule has 0 radical (unpaired) electrons. The Bertz CT molecular complexity index is 1280. The van der Waals surface area contributed by atoms with Crippen LogP contribution in [0.5, 0.6) is 0 Å². The number of ether oxygens (including phenoxy) is 1. The second-order valence-electron chi connectivity index (χ2n) is 14.6. The largest absolute Gasteiger partial charge is 0.598 e. The Balaban J connectivity index is 1.99. The van der Waals surface area contributed by atoms with Crippen molar-refractivity contribution in [2.75, 3.05) is 6.61 Å². The number of fused-ring (bicyclic) bond motifs is 1. The van der Waals surface area contributed by atoms with Crippen LogP contribution in [0.3, 0.4) is 0 Å². The highest BCUT2D eigenvalue weighted by Crippen LogP contribution is 2.42. The average Bonchev–Trinajstić information content (AvgIpc) is 3.25. The van der Waals surface area contributed by atoms with Crippen LogP contribution >= 0.6 is 0 Å². The fourth-order valence-corrected chi connectivity index (χ4v) is 6.81. The molecule has 1 amide bonds. The molecule has 1 heterocycles. The van der Waals surface area contributed by atoms with Gasteiger partial charge in [-0.15, -0.1) is 4.72 Å². The molecule has 3 rings (SSSR count). The second kappa shape index (κ2) is 14.6. The van der Waals surface area contributed by atoms with Crippen molar-refractivity contribution < 1.29 is 36.0 Å². The van der Waals surface area contributed by atoms with E-state index in [2.05, 4.69) is 29.7 Å². The predicted molar refractivity (Wildman–Crippen MR) is 171 cm³/mol. The van der Waals surface area contributed by atoms with Crippen molar-refractivity contribution in [2.45, 2.75) is 128 Å². The molecule has 2 aromatic rings. The molecule has 4 atom stereocenters. The van der Waals surface area contributed by atoms with Gasteiger partial charge in [0.15, 0.2) is 0 Å². The highest BCUT2D eigenvalue weighted by atomic mass is 32.2. The van der Waals surface area contributed by atoms with Crippen molar-refractivity contribution in [3.05, 3.63) is 29.6 Å². The molecule has 256 valence electrons. The molecule has 45 heavy (non-hydrogen) atoms. The number of imidazole rings is 1. The molecule has 1 aromatic carbocycles. The van der Waals surface area contributed by atoms with E-state index in [1.165, 1.54) is 0 Å². The minimum absolute atomic E-state index is 0.153. The third-order valence-corrected chi connectivity index (χ3v) is 11.5. The summed E-state index contributed by atoms with van der Waals surface area (Å²) in [5.41, 5.74) is 1.91. The SMILES string of the molecule is CC(CC(=O)N[C@H](C)c1ccc2c(c1)nc([C@@H](N[S+]([O-])C(C)(C)C)C1CCC(F)(F)CC1)n2COCC[Si](C)(C)C)C(F)(F)F. The minimum Gasteiger partial charge on any atom is -0.598 e. The minimum atomic E-state index is -4.46. The number of halogens is 5. The lowest BCUT2D eigenvalue weighted by atomic mass is 9.82. The first-order chi connectivity index (χ1) is 20.6. The van der Waals surface area contributed by atoms with Gasteiger partial charge < -0.3 is 19.2 Å². The molecule has 14 heteroatoms. The molecule has 0 spiro atoms. The summed E-state index contributed by atoms with van der Waals surface area (Å²) in [6.45, 7) is 15.6. The van der Waals surface area contributed by atoms with Crippen molar-refractivity contribution in [1.29, 1.82) is 0 Å². The molecular formula is C31H49F5N4O3SSi. The molecule has 1 aromatic heterocycles. The van der Waals surface area contributed by atoms with Gasteiger partial charge in [0.1, 0.15) is 23.3 Å². The van der Waals surface area contributed by atoms with Crippen LogP contribution in [0.1, 0.15) is 90.2 Å². The van der Waals surface area contributed by atoms with Crippen LogP contribution < -0.4 is 10.0 Å². The van der Waals surface area contributed by atoms with E-state index in [-0.39, 0.29) is 38.3 Å². The zero-order valence-electron chi connectivity index (χ0n) is 27.6. The van der Waals surface area contributed by atoms with Gasteiger partial charge in [-0.05, 0) is 70.2 Å². The standard InChI is InChI=1S/C31H49F5N4O3SSi/c1-20(31(34,35)36)17-26(41)37-21(2)23-9-10-25-24(18-23)38-28(40(25)19-43-15-16-45(6,7)8)27(39-44(42)29(3,4)5)22-11-13-30(32,33)14-12-22/h9-10,18,20-22,27,39H,11-17,19H2,1-8H3,(H,37,41)/t20?,21-,27+,44?/m1/s1. The molecule has 0 saturated heterocycles. The van der Waals surface area contributed by atoms with Gasteiger partial charge >= 0.3 is 6.18 Å². The van der Waals surface area contributed by atoms with E-state index in [0.29, 0.717) is 29.0 Å². The molecular weight excluding hydrogens is 632 g/mol. The third kappa shape index (κ3) is 10.9. The van der Waals surface area contributed by atoms with E-state index in [1.807, 2.05) is 31.4 Å². The Morgan fingerprint density at radius 2 is 1.80 bits per heavy atom. The summed E-state index contributed by atoms with van der Waals surface area (Å²) < 4.78 is 91.3. The zero-order valence-corrected chi connectivity index (χ0v) is 29.4. The highest BCUT2D eigenvalue weighted by Gasteiger charge is 2.42. The fourth-order valence-electron chi connectivity index (χ4n) is 5.17. The number of rotatable bonds is 13. The van der Waals surface area contributed by atoms with Crippen LogP contribution in [0.25, 0.3) is 11.0 Å². The smallest absolute Gasteiger partial charge is 0.392 e. The maximum atomic E-state index is 14.2. The monoisotopic (exact) mass is 680 g/mol. The summed E-state index contributed by atoms with van der Waals surface area (Å²) in [5.74, 6) is -4.94. The van der Waals surface area contributed by atoms with Gasteiger partial charge in [0.25, 0.3) is 0 Å². The van der Waals surface area contributed by atoms with Crippen LogP contribution in [0, 0.1) is 11.8 Å². The number of nitrogens with one attached hydrogen (secondary N) is 2. The summed E-state index contributed by atoms with van der Waals surface area (Å²) in [6.07, 6.45) is -5.21. The van der Waals surface area contributed by atoms with Crippen molar-refractivity contribution in [2.24, 2.45) is 11.8 Å². The summed E-state index contributed by atoms with van der Waals surface area (Å²) >= 11 is -1.52. The number of hydrogen-bond acceptors (Lipinski definition) is 5. The first-order valence-corrected chi connectivity index (χ1v) is 20.4. The van der Waals surface area contributed by atoms with Crippen LogP contribution in [0.15, 0.2) is 18.2 Å². The summed E-state index contributed by atoms with van der Waals surface area (Å²) in [5, 5.41) is 2.65. The average molecular weight is 681 g/mol. The van der Waals surface area contributed by atoms with Crippen molar-refractivity contribution in [3.63, 3.8) is 0 Å². The first-order valence-electron chi connectivity index (χ1n) is 15.6. The van der Waals surface area contributed by atoms with Gasteiger partial charge in [0.05, 0.1) is 23.0 Å². The Morgan fingerprint density at radius 1 is 1.18 bits per heavy atom. The van der Waals surface area contributed by atoms with Crippen LogP contribution in [0.2, 0.25) is 25.7 Å². The number of aromatic nitrogens is 2. The highest BCUT2D eigenvalue weighted by molar-refractivity contribution is 7.90. The van der Waals surface area contributed by atoms with Crippen molar-refractivity contribution >= 4 is 36.4 Å². The Kier molecular flexibility index (Phi) is 12.2. The molecule has 0 bridgehead atoms. The van der Waals surface area contributed by atoms with E-state index in [4.69, 9.17) is 9.72 Å². The maximum Gasteiger partial charge on any atom is 0.392 e. The van der Waals surface area contributed by atoms with Gasteiger partial charge in [-0.3, -0.25) is 4.79 Å². The fraction of sp³-hybridized carbons (Fsp3) is 0.742. The number of hydrogen-bond donors (Lipinski definition) is 2. The number of nitrogens with zero attached hydrogens (tertiary/aromatic N) is 2. The van der Waals surface area contributed by atoms with E-state index < -0.39 is 66.6 Å². The molecule has 1 aliphatic carbocycles. The first kappa shape index (κ1) is 37.7. The lowest BCUT2D eigenvalue weighted by Gasteiger charge is -2.35. The summed E-state index contributed by atoms with van der Waals surface area (Å²) in [7, 11) is -1.38. The maximum absolute atomic E-state index is 14.2. The van der Waals surface area contributed by atoms with E-state index in [9.17, 15) is 31.3 Å². The summed E-state index contributed by atoms with van der Waals surface area (Å²) in [4.78, 5) is 17.3. The number of carbonyl (C=O) groups is 1. The Hall–Kier alpha value is -1.74. The topological polar surface area (TPSA) is 91.2 Å². The lowest BCUT2D eigenvalue weighted by Crippen LogP contribution is -2.45. The van der Waals surface area contributed by atoms with Crippen molar-refractivity contribution in [3.8, 4) is 0 Å². The van der Waals surface area contributed by atoms with Gasteiger partial charge in [-0.25, -0.2) is 13.8 Å². The number of benzene rings is 1. The molecule has 7 nitrogen and oxygen atoms in total. The molecule has 1 aliphatic rings. The van der Waals surface area contributed by atoms with Crippen LogP contribution in [-0.2, 0) is 27.6 Å². The van der Waals surface area contributed by atoms with E-state index in [1.54, 1.807) is 19.1 Å². The quantitative estimate of drug-likeness (QED) is 0.0968. The van der Waals surface area contributed by atoms with Crippen LogP contribution in [0.4, 0.5) is 22.0 Å². The second-order valence-corrected chi connectivity index (χ2v) is 22.2. The molecule has 2 unspecified atom stereocenters. The van der Waals surface area contributed by atoms with E-state index in [0.717, 1.165) is 13.0 Å². The van der Waals surface area contributed by atoms with Gasteiger partial charge in [0, 0.05) is 45.3 Å². The van der Waals surface area contributed by atoms with E-state index >= 15 is 0 Å². The van der Waals surface area contributed by atoms with Gasteiger partial charge in [-0.1, -0.05) is 32.6 Å². The predicted octanol–water partition coefficient (Wildman–Crippen LogP) is 8.03. The van der Waals surface area contributed by atoms with Gasteiger partial charge in [-0.2, -0.15) is 13.2 Å². The molecule has 1 fully saturated rings. The molecule has 2 N–H and O–H groups in total. The normalized spacial score (nSPS) is 19.3. The number of carbonyl (C=O) groups excluding carboxylic acids is 1. The molecule has 0 aliphatic heterocycles. The zero-order chi connectivity index (χ0) is 34.0. The number of amides is 1.